The van der Waals surface area contributed by atoms with Gasteiger partial charge in [-0.1, -0.05) is 12.1 Å². The lowest BCUT2D eigenvalue weighted by Crippen LogP contribution is -2.21. The fourth-order valence-electron chi connectivity index (χ4n) is 2.11. The lowest BCUT2D eigenvalue weighted by molar-refractivity contribution is -0.385. The Morgan fingerprint density at radius 1 is 1.23 bits per heavy atom. The standard InChI is InChI=1S/C16H16N2O7S/c1-24-11-7-8-14(13(9-11)18(20)21)25-10-16(19)17-12-5-3-4-6-15(12)26(2,22)23/h3-9H,10H2,1-2H3,(H,17,19). The van der Waals surface area contributed by atoms with Crippen molar-refractivity contribution in [3.63, 3.8) is 0 Å². The van der Waals surface area contributed by atoms with E-state index in [0.717, 1.165) is 6.26 Å². The Balaban J connectivity index is 2.13. The molecule has 0 aliphatic rings. The molecule has 1 N–H and O–H groups in total. The second-order valence-corrected chi connectivity index (χ2v) is 7.18. The van der Waals surface area contributed by atoms with E-state index in [9.17, 15) is 23.3 Å². The lowest BCUT2D eigenvalue weighted by atomic mass is 10.3. The van der Waals surface area contributed by atoms with Gasteiger partial charge in [0.1, 0.15) is 5.75 Å². The molecule has 0 unspecified atom stereocenters. The Kier molecular flexibility index (Phi) is 5.78. The van der Waals surface area contributed by atoms with Gasteiger partial charge in [-0.3, -0.25) is 14.9 Å². The van der Waals surface area contributed by atoms with Crippen LogP contribution in [0.2, 0.25) is 0 Å². The van der Waals surface area contributed by atoms with Crippen molar-refractivity contribution >= 4 is 27.1 Å². The summed E-state index contributed by atoms with van der Waals surface area (Å²) < 4.78 is 33.6. The predicted molar refractivity (Wildman–Crippen MR) is 93.3 cm³/mol. The van der Waals surface area contributed by atoms with Crippen LogP contribution in [0.5, 0.6) is 11.5 Å². The molecule has 1 amide bonds. The molecule has 138 valence electrons. The number of rotatable bonds is 7. The Labute approximate surface area is 149 Å². The average molecular weight is 380 g/mol. The van der Waals surface area contributed by atoms with Crippen LogP contribution in [0, 0.1) is 10.1 Å². The fourth-order valence-corrected chi connectivity index (χ4v) is 2.96. The van der Waals surface area contributed by atoms with Gasteiger partial charge in [0, 0.05) is 6.26 Å². The van der Waals surface area contributed by atoms with E-state index < -0.39 is 27.3 Å². The Hall–Kier alpha value is -3.14. The second kappa shape index (κ2) is 7.83. The van der Waals surface area contributed by atoms with Gasteiger partial charge in [0.25, 0.3) is 5.91 Å². The van der Waals surface area contributed by atoms with Crippen LogP contribution in [-0.2, 0) is 14.6 Å². The number of benzene rings is 2. The van der Waals surface area contributed by atoms with Crippen LogP contribution in [0.15, 0.2) is 47.4 Å². The van der Waals surface area contributed by atoms with Gasteiger partial charge in [0.2, 0.25) is 0 Å². The van der Waals surface area contributed by atoms with E-state index in [1.54, 1.807) is 6.07 Å². The number of methoxy groups -OCH3 is 1. The van der Waals surface area contributed by atoms with Gasteiger partial charge in [0.05, 0.1) is 28.7 Å². The predicted octanol–water partition coefficient (Wildman–Crippen LogP) is 2.02. The van der Waals surface area contributed by atoms with Gasteiger partial charge < -0.3 is 14.8 Å². The zero-order chi connectivity index (χ0) is 19.3. The van der Waals surface area contributed by atoms with Gasteiger partial charge >= 0.3 is 5.69 Å². The van der Waals surface area contributed by atoms with Crippen molar-refractivity contribution in [2.45, 2.75) is 4.90 Å². The molecule has 9 nitrogen and oxygen atoms in total. The van der Waals surface area contributed by atoms with E-state index in [4.69, 9.17) is 9.47 Å². The first-order valence-corrected chi connectivity index (χ1v) is 9.15. The third-order valence-corrected chi connectivity index (χ3v) is 4.44. The van der Waals surface area contributed by atoms with Crippen LogP contribution in [-0.4, -0.2) is 39.2 Å². The summed E-state index contributed by atoms with van der Waals surface area (Å²) in [5.74, 6) is -0.496. The van der Waals surface area contributed by atoms with E-state index in [0.29, 0.717) is 0 Å². The van der Waals surface area contributed by atoms with Gasteiger partial charge in [-0.2, -0.15) is 0 Å². The highest BCUT2D eigenvalue weighted by Gasteiger charge is 2.19. The van der Waals surface area contributed by atoms with Crippen molar-refractivity contribution < 1.29 is 27.6 Å². The highest BCUT2D eigenvalue weighted by molar-refractivity contribution is 7.90. The summed E-state index contributed by atoms with van der Waals surface area (Å²) in [5.41, 5.74) is -0.249. The fraction of sp³-hybridized carbons (Fsp3) is 0.188. The van der Waals surface area contributed by atoms with Gasteiger partial charge in [-0.25, -0.2) is 8.42 Å². The largest absolute Gasteiger partial charge is 0.496 e. The number of nitrogens with zero attached hydrogens (tertiary/aromatic N) is 1. The molecule has 0 aliphatic carbocycles. The number of carbonyl (C=O) groups is 1. The molecule has 0 radical (unpaired) electrons. The molecule has 0 bridgehead atoms. The number of ether oxygens (including phenoxy) is 2. The van der Waals surface area contributed by atoms with Gasteiger partial charge in [0.15, 0.2) is 22.2 Å². The molecule has 0 atom stereocenters. The minimum atomic E-state index is -3.53. The molecule has 0 fully saturated rings. The smallest absolute Gasteiger partial charge is 0.314 e. The Morgan fingerprint density at radius 2 is 1.92 bits per heavy atom. The molecule has 2 aromatic rings. The number of hydrogen-bond donors (Lipinski definition) is 1. The number of nitrogens with one attached hydrogen (secondary N) is 1. The first-order chi connectivity index (χ1) is 12.2. The molecular weight excluding hydrogens is 364 g/mol. The Bertz CT molecular complexity index is 941. The second-order valence-electron chi connectivity index (χ2n) is 5.20. The third-order valence-electron chi connectivity index (χ3n) is 3.28. The van der Waals surface area contributed by atoms with E-state index >= 15 is 0 Å². The highest BCUT2D eigenvalue weighted by atomic mass is 32.2. The van der Waals surface area contributed by atoms with Crippen molar-refractivity contribution in [1.29, 1.82) is 0 Å². The monoisotopic (exact) mass is 380 g/mol. The first-order valence-electron chi connectivity index (χ1n) is 7.26. The van der Waals surface area contributed by atoms with E-state index in [-0.39, 0.29) is 27.8 Å². The van der Waals surface area contributed by atoms with Crippen molar-refractivity contribution in [1.82, 2.24) is 0 Å². The molecule has 0 aromatic heterocycles. The summed E-state index contributed by atoms with van der Waals surface area (Å²) >= 11 is 0. The van der Waals surface area contributed by atoms with Gasteiger partial charge in [-0.15, -0.1) is 0 Å². The topological polar surface area (TPSA) is 125 Å². The third kappa shape index (κ3) is 4.70. The minimum absolute atomic E-state index is 0.0382. The maximum atomic E-state index is 12.0. The zero-order valence-electron chi connectivity index (χ0n) is 14.0. The normalized spacial score (nSPS) is 10.8. The van der Waals surface area contributed by atoms with Crippen molar-refractivity contribution in [2.24, 2.45) is 0 Å². The molecule has 10 heteroatoms. The van der Waals surface area contributed by atoms with E-state index in [2.05, 4.69) is 5.32 Å². The summed E-state index contributed by atoms with van der Waals surface area (Å²) in [6.45, 7) is -0.536. The van der Waals surface area contributed by atoms with Crippen LogP contribution in [0.1, 0.15) is 0 Å². The summed E-state index contributed by atoms with van der Waals surface area (Å²) in [7, 11) is -2.16. The maximum absolute atomic E-state index is 12.0. The zero-order valence-corrected chi connectivity index (χ0v) is 14.8. The van der Waals surface area contributed by atoms with Crippen LogP contribution in [0.4, 0.5) is 11.4 Å². The van der Waals surface area contributed by atoms with Crippen LogP contribution in [0.3, 0.4) is 0 Å². The quantitative estimate of drug-likeness (QED) is 0.575. The number of carbonyl (C=O) groups excluding carboxylic acids is 1. The number of amides is 1. The summed E-state index contributed by atoms with van der Waals surface area (Å²) in [4.78, 5) is 22.4. The number of para-hydroxylation sites is 1. The summed E-state index contributed by atoms with van der Waals surface area (Å²) in [5, 5.41) is 13.5. The summed E-state index contributed by atoms with van der Waals surface area (Å²) in [6.07, 6.45) is 1.02. The van der Waals surface area contributed by atoms with E-state index in [1.165, 1.54) is 43.5 Å². The number of nitro benzene ring substituents is 1. The highest BCUT2D eigenvalue weighted by Crippen LogP contribution is 2.31. The molecule has 2 aromatic carbocycles. The molecule has 0 heterocycles. The molecule has 2 rings (SSSR count). The number of nitro groups is 1. The maximum Gasteiger partial charge on any atom is 0.314 e. The Morgan fingerprint density at radius 3 is 2.54 bits per heavy atom. The van der Waals surface area contributed by atoms with Crippen molar-refractivity contribution in [3.8, 4) is 11.5 Å². The number of hydrogen-bond acceptors (Lipinski definition) is 7. The minimum Gasteiger partial charge on any atom is -0.496 e. The van der Waals surface area contributed by atoms with Crippen LogP contribution >= 0.6 is 0 Å². The average Bonchev–Trinajstić information content (AvgIpc) is 2.59. The SMILES string of the molecule is COc1ccc(OCC(=O)Nc2ccccc2S(C)(=O)=O)c([N+](=O)[O-])c1. The van der Waals surface area contributed by atoms with E-state index in [1.807, 2.05) is 0 Å². The van der Waals surface area contributed by atoms with Crippen molar-refractivity contribution in [3.05, 3.63) is 52.6 Å². The molecular formula is C16H16N2O7S. The van der Waals surface area contributed by atoms with Crippen LogP contribution in [0.25, 0.3) is 0 Å². The molecule has 0 saturated heterocycles. The van der Waals surface area contributed by atoms with Gasteiger partial charge in [-0.05, 0) is 24.3 Å². The number of anilines is 1. The summed E-state index contributed by atoms with van der Waals surface area (Å²) in [6, 6.07) is 9.84. The van der Waals surface area contributed by atoms with Crippen LogP contribution < -0.4 is 14.8 Å². The number of sulfone groups is 1. The molecule has 0 saturated carbocycles. The molecule has 26 heavy (non-hydrogen) atoms. The molecule has 0 spiro atoms. The molecule has 0 aliphatic heterocycles. The lowest BCUT2D eigenvalue weighted by Gasteiger charge is -2.11. The van der Waals surface area contributed by atoms with Crippen molar-refractivity contribution in [2.75, 3.05) is 25.3 Å². The first kappa shape index (κ1) is 19.2.